The number of halogens is 1. The molecule has 0 radical (unpaired) electrons. The SMILES string of the molecule is O=C(NC1CCCCCC1)c1ccn(COc2cc(F)ccc2[N+](=O)[O-])n1. The van der Waals surface area contributed by atoms with Crippen LogP contribution in [0.3, 0.4) is 0 Å². The van der Waals surface area contributed by atoms with Gasteiger partial charge in [0.05, 0.1) is 4.92 Å². The van der Waals surface area contributed by atoms with Crippen LogP contribution in [0.5, 0.6) is 5.75 Å². The van der Waals surface area contributed by atoms with Gasteiger partial charge in [0.25, 0.3) is 5.91 Å². The first-order chi connectivity index (χ1) is 13.0. The Labute approximate surface area is 155 Å². The third-order valence-electron chi connectivity index (χ3n) is 4.53. The largest absolute Gasteiger partial charge is 0.464 e. The number of aromatic nitrogens is 2. The lowest BCUT2D eigenvalue weighted by Crippen LogP contribution is -2.34. The predicted octanol–water partition coefficient (Wildman–Crippen LogP) is 3.42. The van der Waals surface area contributed by atoms with E-state index < -0.39 is 10.7 Å². The van der Waals surface area contributed by atoms with Crippen LogP contribution in [0.2, 0.25) is 0 Å². The van der Waals surface area contributed by atoms with E-state index in [1.165, 1.54) is 23.7 Å². The number of benzene rings is 1. The molecule has 0 aliphatic heterocycles. The Bertz CT molecular complexity index is 815. The molecule has 1 aliphatic rings. The smallest absolute Gasteiger partial charge is 0.311 e. The van der Waals surface area contributed by atoms with E-state index in [0.29, 0.717) is 0 Å². The molecule has 3 rings (SSSR count). The van der Waals surface area contributed by atoms with Gasteiger partial charge in [0.1, 0.15) is 11.5 Å². The first-order valence-electron chi connectivity index (χ1n) is 8.94. The van der Waals surface area contributed by atoms with Gasteiger partial charge in [-0.1, -0.05) is 25.7 Å². The summed E-state index contributed by atoms with van der Waals surface area (Å²) in [6.07, 6.45) is 8.10. The highest BCUT2D eigenvalue weighted by molar-refractivity contribution is 5.92. The second-order valence-electron chi connectivity index (χ2n) is 6.54. The van der Waals surface area contributed by atoms with E-state index in [-0.39, 0.29) is 35.8 Å². The Morgan fingerprint density at radius 2 is 2.04 bits per heavy atom. The van der Waals surface area contributed by atoms with Gasteiger partial charge >= 0.3 is 5.69 Å². The van der Waals surface area contributed by atoms with Gasteiger partial charge in [-0.25, -0.2) is 9.07 Å². The quantitative estimate of drug-likeness (QED) is 0.473. The van der Waals surface area contributed by atoms with E-state index >= 15 is 0 Å². The number of carbonyl (C=O) groups is 1. The van der Waals surface area contributed by atoms with Gasteiger partial charge in [-0.2, -0.15) is 5.10 Å². The number of hydrogen-bond acceptors (Lipinski definition) is 5. The second kappa shape index (κ2) is 8.61. The number of nitrogens with one attached hydrogen (secondary N) is 1. The van der Waals surface area contributed by atoms with E-state index in [1.807, 2.05) is 0 Å². The van der Waals surface area contributed by atoms with Crippen LogP contribution in [-0.4, -0.2) is 26.7 Å². The van der Waals surface area contributed by atoms with E-state index in [0.717, 1.165) is 43.9 Å². The maximum absolute atomic E-state index is 13.3. The van der Waals surface area contributed by atoms with Crippen molar-refractivity contribution < 1.29 is 18.8 Å². The minimum Gasteiger partial charge on any atom is -0.464 e. The molecule has 1 N–H and O–H groups in total. The van der Waals surface area contributed by atoms with Crippen molar-refractivity contribution in [3.63, 3.8) is 0 Å². The molecule has 9 heteroatoms. The molecule has 1 amide bonds. The molecule has 1 saturated carbocycles. The highest BCUT2D eigenvalue weighted by Gasteiger charge is 2.18. The van der Waals surface area contributed by atoms with E-state index in [2.05, 4.69) is 10.4 Å². The Balaban J connectivity index is 1.60. The molecule has 8 nitrogen and oxygen atoms in total. The average Bonchev–Trinajstić information content (AvgIpc) is 2.97. The summed E-state index contributed by atoms with van der Waals surface area (Å²) in [5.41, 5.74) is -0.0912. The van der Waals surface area contributed by atoms with Gasteiger partial charge in [-0.05, 0) is 25.0 Å². The van der Waals surface area contributed by atoms with Crippen molar-refractivity contribution in [3.8, 4) is 5.75 Å². The molecule has 1 aromatic carbocycles. The molecule has 1 fully saturated rings. The molecule has 0 unspecified atom stereocenters. The monoisotopic (exact) mass is 376 g/mol. The number of hydrogen-bond donors (Lipinski definition) is 1. The summed E-state index contributed by atoms with van der Waals surface area (Å²) in [5.74, 6) is -1.09. The van der Waals surface area contributed by atoms with Crippen LogP contribution in [0, 0.1) is 15.9 Å². The molecule has 144 valence electrons. The van der Waals surface area contributed by atoms with Crippen LogP contribution < -0.4 is 10.1 Å². The van der Waals surface area contributed by atoms with Crippen LogP contribution in [0.25, 0.3) is 0 Å². The maximum atomic E-state index is 13.3. The lowest BCUT2D eigenvalue weighted by molar-refractivity contribution is -0.386. The van der Waals surface area contributed by atoms with Gasteiger partial charge in [0, 0.05) is 24.4 Å². The molecule has 0 spiro atoms. The Morgan fingerprint density at radius 3 is 2.74 bits per heavy atom. The molecule has 2 aromatic rings. The number of amides is 1. The van der Waals surface area contributed by atoms with Gasteiger partial charge in [-0.15, -0.1) is 0 Å². The summed E-state index contributed by atoms with van der Waals surface area (Å²) in [5, 5.41) is 18.1. The van der Waals surface area contributed by atoms with E-state index in [9.17, 15) is 19.3 Å². The van der Waals surface area contributed by atoms with Crippen LogP contribution in [0.4, 0.5) is 10.1 Å². The van der Waals surface area contributed by atoms with Crippen molar-refractivity contribution in [2.24, 2.45) is 0 Å². The zero-order valence-electron chi connectivity index (χ0n) is 14.8. The van der Waals surface area contributed by atoms with Crippen LogP contribution >= 0.6 is 0 Å². The number of nitro groups is 1. The Morgan fingerprint density at radius 1 is 1.30 bits per heavy atom. The number of carbonyl (C=O) groups excluding carboxylic acids is 1. The normalized spacial score (nSPS) is 15.1. The minimum absolute atomic E-state index is 0.163. The van der Waals surface area contributed by atoms with Crippen molar-refractivity contribution in [2.45, 2.75) is 51.3 Å². The van der Waals surface area contributed by atoms with Gasteiger partial charge in [0.2, 0.25) is 5.75 Å². The summed E-state index contributed by atoms with van der Waals surface area (Å²) in [4.78, 5) is 22.7. The van der Waals surface area contributed by atoms with Crippen molar-refractivity contribution in [2.75, 3.05) is 0 Å². The first kappa shape index (κ1) is 18.8. The van der Waals surface area contributed by atoms with Crippen molar-refractivity contribution in [1.82, 2.24) is 15.1 Å². The van der Waals surface area contributed by atoms with E-state index in [4.69, 9.17) is 4.74 Å². The number of ether oxygens (including phenoxy) is 1. The molecule has 1 aliphatic carbocycles. The second-order valence-corrected chi connectivity index (χ2v) is 6.54. The molecule has 0 atom stereocenters. The summed E-state index contributed by atoms with van der Waals surface area (Å²) >= 11 is 0. The summed E-state index contributed by atoms with van der Waals surface area (Å²) in [6.45, 7) is -0.180. The van der Waals surface area contributed by atoms with Crippen molar-refractivity contribution >= 4 is 11.6 Å². The summed E-state index contributed by atoms with van der Waals surface area (Å²) in [6, 6.07) is 4.70. The molecular weight excluding hydrogens is 355 g/mol. The lowest BCUT2D eigenvalue weighted by Gasteiger charge is -2.15. The van der Waals surface area contributed by atoms with Crippen LogP contribution in [-0.2, 0) is 6.73 Å². The molecular formula is C18H21FN4O4. The molecule has 0 saturated heterocycles. The highest BCUT2D eigenvalue weighted by Crippen LogP contribution is 2.27. The molecule has 1 heterocycles. The summed E-state index contributed by atoms with van der Waals surface area (Å²) in [7, 11) is 0. The predicted molar refractivity (Wildman–Crippen MR) is 94.9 cm³/mol. The maximum Gasteiger partial charge on any atom is 0.311 e. The highest BCUT2D eigenvalue weighted by atomic mass is 19.1. The Hall–Kier alpha value is -2.97. The van der Waals surface area contributed by atoms with E-state index in [1.54, 1.807) is 6.07 Å². The van der Waals surface area contributed by atoms with Gasteiger partial charge in [-0.3, -0.25) is 14.9 Å². The molecule has 0 bridgehead atoms. The number of nitro benzene ring substituents is 1. The third-order valence-corrected chi connectivity index (χ3v) is 4.53. The van der Waals surface area contributed by atoms with Gasteiger partial charge < -0.3 is 10.1 Å². The third kappa shape index (κ3) is 5.02. The zero-order valence-corrected chi connectivity index (χ0v) is 14.8. The number of nitrogens with zero attached hydrogens (tertiary/aromatic N) is 3. The lowest BCUT2D eigenvalue weighted by atomic mass is 10.1. The fourth-order valence-corrected chi connectivity index (χ4v) is 3.13. The molecule has 27 heavy (non-hydrogen) atoms. The van der Waals surface area contributed by atoms with Crippen LogP contribution in [0.1, 0.15) is 49.0 Å². The standard InChI is InChI=1S/C18H21FN4O4/c19-13-7-8-16(23(25)26)17(11-13)27-12-22-10-9-15(21-22)18(24)20-14-5-3-1-2-4-6-14/h7-11,14H,1-6,12H2,(H,20,24). The average molecular weight is 376 g/mol. The minimum atomic E-state index is -0.649. The number of rotatable bonds is 6. The zero-order chi connectivity index (χ0) is 19.2. The fourth-order valence-electron chi connectivity index (χ4n) is 3.13. The van der Waals surface area contributed by atoms with Crippen molar-refractivity contribution in [1.29, 1.82) is 0 Å². The van der Waals surface area contributed by atoms with Crippen molar-refractivity contribution in [3.05, 3.63) is 52.1 Å². The Kier molecular flexibility index (Phi) is 6.00. The first-order valence-corrected chi connectivity index (χ1v) is 8.94. The topological polar surface area (TPSA) is 99.3 Å². The molecule has 1 aromatic heterocycles. The fraction of sp³-hybridized carbons (Fsp3) is 0.444. The van der Waals surface area contributed by atoms with Gasteiger partial charge in [0.15, 0.2) is 6.73 Å². The summed E-state index contributed by atoms with van der Waals surface area (Å²) < 4.78 is 20.0. The van der Waals surface area contributed by atoms with Crippen LogP contribution in [0.15, 0.2) is 30.5 Å².